The normalized spacial score (nSPS) is 11.5. The van der Waals surface area contributed by atoms with Crippen LogP contribution in [0.1, 0.15) is 5.56 Å². The highest BCUT2D eigenvalue weighted by molar-refractivity contribution is 5.81. The molecule has 0 bridgehead atoms. The lowest BCUT2D eigenvalue weighted by molar-refractivity contribution is -0.189. The summed E-state index contributed by atoms with van der Waals surface area (Å²) >= 11 is 0. The van der Waals surface area contributed by atoms with Gasteiger partial charge in [-0.2, -0.15) is 13.2 Å². The van der Waals surface area contributed by atoms with Crippen molar-refractivity contribution in [2.45, 2.75) is 12.7 Å². The van der Waals surface area contributed by atoms with Crippen LogP contribution in [-0.4, -0.2) is 26.1 Å². The second-order valence-corrected chi connectivity index (χ2v) is 6.92. The number of rotatable bonds is 4. The molecule has 0 saturated heterocycles. The number of nitrogens with zero attached hydrogens (tertiary/aromatic N) is 3. The molecule has 0 spiro atoms. The number of hydrogen-bond donors (Lipinski definition) is 0. The second kappa shape index (κ2) is 8.34. The molecule has 0 fully saturated rings. The van der Waals surface area contributed by atoms with E-state index in [0.29, 0.717) is 5.56 Å². The molecule has 0 aliphatic rings. The van der Waals surface area contributed by atoms with Gasteiger partial charge in [0.15, 0.2) is 5.52 Å². The minimum atomic E-state index is -5.40. The summed E-state index contributed by atoms with van der Waals surface area (Å²) in [5.74, 6) is -4.20. The number of aromatic nitrogens is 3. The number of ether oxygens (including phenoxy) is 1. The first-order valence-corrected chi connectivity index (χ1v) is 9.38. The fourth-order valence-electron chi connectivity index (χ4n) is 3.15. The topological polar surface area (TPSA) is 82.7 Å². The summed E-state index contributed by atoms with van der Waals surface area (Å²) in [4.78, 5) is 41.7. The first-order chi connectivity index (χ1) is 15.6. The molecule has 0 aliphatic heterocycles. The maximum absolute atomic E-state index is 13.2. The van der Waals surface area contributed by atoms with E-state index in [1.54, 1.807) is 12.1 Å². The zero-order valence-electron chi connectivity index (χ0n) is 16.5. The Labute approximate surface area is 182 Å². The number of alkyl halides is 3. The van der Waals surface area contributed by atoms with Gasteiger partial charge < -0.3 is 13.7 Å². The van der Waals surface area contributed by atoms with Crippen molar-refractivity contribution in [1.29, 1.82) is 0 Å². The highest BCUT2D eigenvalue weighted by Gasteiger charge is 2.42. The minimum Gasteiger partial charge on any atom is -0.413 e. The molecule has 0 saturated carbocycles. The third-order valence-electron chi connectivity index (χ3n) is 4.70. The number of carbonyl (C=O) groups is 1. The van der Waals surface area contributed by atoms with Gasteiger partial charge in [-0.05, 0) is 29.8 Å². The van der Waals surface area contributed by atoms with E-state index >= 15 is 0 Å². The number of halogens is 4. The van der Waals surface area contributed by atoms with Crippen molar-refractivity contribution in [2.24, 2.45) is 0 Å². The summed E-state index contributed by atoms with van der Waals surface area (Å²) in [6.45, 7) is -0.0710. The molecule has 168 valence electrons. The summed E-state index contributed by atoms with van der Waals surface area (Å²) < 4.78 is 58.4. The highest BCUT2D eigenvalue weighted by Crippen LogP contribution is 2.23. The second-order valence-electron chi connectivity index (χ2n) is 6.92. The quantitative estimate of drug-likeness (QED) is 0.346. The third-order valence-corrected chi connectivity index (χ3v) is 4.70. The van der Waals surface area contributed by atoms with Crippen molar-refractivity contribution in [3.05, 3.63) is 99.2 Å². The Balaban J connectivity index is 1.94. The van der Waals surface area contributed by atoms with Gasteiger partial charge in [-0.15, -0.1) is 0 Å². The monoisotopic (exact) mass is 459 g/mol. The predicted octanol–water partition coefficient (Wildman–Crippen LogP) is 3.18. The van der Waals surface area contributed by atoms with Gasteiger partial charge in [0.05, 0.1) is 17.8 Å². The molecule has 3 aromatic heterocycles. The molecule has 33 heavy (non-hydrogen) atoms. The van der Waals surface area contributed by atoms with E-state index < -0.39 is 40.2 Å². The predicted molar refractivity (Wildman–Crippen MR) is 108 cm³/mol. The maximum atomic E-state index is 13.2. The molecule has 0 atom stereocenters. The molecular formula is C22H13F4N3O4. The average molecular weight is 459 g/mol. The van der Waals surface area contributed by atoms with Crippen LogP contribution in [0.5, 0.6) is 5.75 Å². The van der Waals surface area contributed by atoms with Gasteiger partial charge >= 0.3 is 12.1 Å². The van der Waals surface area contributed by atoms with Crippen LogP contribution in [0.4, 0.5) is 17.6 Å². The van der Waals surface area contributed by atoms with Gasteiger partial charge in [0.25, 0.3) is 5.56 Å². The number of pyridine rings is 2. The largest absolute Gasteiger partial charge is 0.491 e. The smallest absolute Gasteiger partial charge is 0.413 e. The summed E-state index contributed by atoms with van der Waals surface area (Å²) in [7, 11) is 0. The van der Waals surface area contributed by atoms with E-state index in [9.17, 15) is 31.9 Å². The Hall–Kier alpha value is -4.28. The molecule has 0 N–H and O–H groups in total. The standard InChI is InChI=1S/C22H13F4N3O4/c23-14-6-4-13(5-7-14)11-29-10-9-28-12-15(16-3-1-2-8-27-16)18(30)19(17(28)20(29)31)33-21(32)22(24,25)26/h1-10,12H,11H2. The molecule has 4 aromatic rings. The van der Waals surface area contributed by atoms with Crippen LogP contribution in [0.3, 0.4) is 0 Å². The Bertz CT molecular complexity index is 1460. The van der Waals surface area contributed by atoms with Crippen LogP contribution in [0, 0.1) is 5.82 Å². The summed E-state index contributed by atoms with van der Waals surface area (Å²) in [5.41, 5.74) is -2.11. The van der Waals surface area contributed by atoms with Crippen LogP contribution >= 0.6 is 0 Å². The molecule has 1 aromatic carbocycles. The van der Waals surface area contributed by atoms with E-state index in [-0.39, 0.29) is 17.8 Å². The van der Waals surface area contributed by atoms with Crippen molar-refractivity contribution in [1.82, 2.24) is 14.0 Å². The molecule has 7 nitrogen and oxygen atoms in total. The van der Waals surface area contributed by atoms with Crippen molar-refractivity contribution < 1.29 is 27.1 Å². The van der Waals surface area contributed by atoms with Crippen LogP contribution in [0.2, 0.25) is 0 Å². The zero-order chi connectivity index (χ0) is 23.8. The van der Waals surface area contributed by atoms with Crippen LogP contribution in [-0.2, 0) is 11.3 Å². The number of carbonyl (C=O) groups excluding carboxylic acids is 1. The van der Waals surface area contributed by atoms with E-state index in [4.69, 9.17) is 0 Å². The van der Waals surface area contributed by atoms with Gasteiger partial charge in [-0.1, -0.05) is 18.2 Å². The van der Waals surface area contributed by atoms with Gasteiger partial charge in [0, 0.05) is 24.8 Å². The molecule has 0 amide bonds. The molecule has 4 rings (SSSR count). The van der Waals surface area contributed by atoms with Crippen molar-refractivity contribution >= 4 is 11.5 Å². The number of benzene rings is 1. The van der Waals surface area contributed by atoms with Crippen molar-refractivity contribution in [3.8, 4) is 17.0 Å². The minimum absolute atomic E-state index is 0.0710. The molecule has 3 heterocycles. The molecule has 0 unspecified atom stereocenters. The van der Waals surface area contributed by atoms with Gasteiger partial charge in [0.2, 0.25) is 11.2 Å². The molecular weight excluding hydrogens is 446 g/mol. The third kappa shape index (κ3) is 4.38. The molecule has 11 heteroatoms. The first kappa shape index (κ1) is 21.9. The number of esters is 1. The Morgan fingerprint density at radius 3 is 2.39 bits per heavy atom. The lowest BCUT2D eigenvalue weighted by atomic mass is 10.1. The average Bonchev–Trinajstić information content (AvgIpc) is 2.78. The van der Waals surface area contributed by atoms with Crippen LogP contribution in [0.15, 0.2) is 76.8 Å². The van der Waals surface area contributed by atoms with Gasteiger partial charge in [-0.3, -0.25) is 14.6 Å². The Morgan fingerprint density at radius 1 is 1.03 bits per heavy atom. The molecule has 0 radical (unpaired) electrons. The Kier molecular flexibility index (Phi) is 5.54. The lowest BCUT2D eigenvalue weighted by Gasteiger charge is -2.14. The number of fused-ring (bicyclic) bond motifs is 1. The zero-order valence-corrected chi connectivity index (χ0v) is 16.5. The number of hydrogen-bond acceptors (Lipinski definition) is 5. The summed E-state index contributed by atoms with van der Waals surface area (Å²) in [6, 6.07) is 9.77. The van der Waals surface area contributed by atoms with E-state index in [0.717, 1.165) is 8.97 Å². The van der Waals surface area contributed by atoms with Crippen LogP contribution < -0.4 is 15.7 Å². The Morgan fingerprint density at radius 2 is 1.76 bits per heavy atom. The van der Waals surface area contributed by atoms with Crippen LogP contribution in [0.25, 0.3) is 16.8 Å². The lowest BCUT2D eigenvalue weighted by Crippen LogP contribution is -2.32. The first-order valence-electron chi connectivity index (χ1n) is 9.38. The maximum Gasteiger partial charge on any atom is 0.491 e. The van der Waals surface area contributed by atoms with Gasteiger partial charge in [-0.25, -0.2) is 9.18 Å². The van der Waals surface area contributed by atoms with Crippen molar-refractivity contribution in [3.63, 3.8) is 0 Å². The van der Waals surface area contributed by atoms with E-state index in [1.807, 2.05) is 0 Å². The van der Waals surface area contributed by atoms with Crippen molar-refractivity contribution in [2.75, 3.05) is 0 Å². The molecule has 0 aliphatic carbocycles. The van der Waals surface area contributed by atoms with Gasteiger partial charge in [0.1, 0.15) is 5.82 Å². The summed E-state index contributed by atoms with van der Waals surface area (Å²) in [6.07, 6.45) is -0.162. The SMILES string of the molecule is O=C(Oc1c(=O)c(-c2ccccn2)cn2ccn(Cc3ccc(F)cc3)c(=O)c12)C(F)(F)F. The van der Waals surface area contributed by atoms with E-state index in [1.165, 1.54) is 55.1 Å². The van der Waals surface area contributed by atoms with E-state index in [2.05, 4.69) is 9.72 Å². The highest BCUT2D eigenvalue weighted by atomic mass is 19.4. The summed E-state index contributed by atoms with van der Waals surface area (Å²) in [5, 5.41) is 0. The fourth-order valence-corrected chi connectivity index (χ4v) is 3.15. The fraction of sp³-hybridized carbons (Fsp3) is 0.0909.